The molecule has 198 valence electrons. The van der Waals surface area contributed by atoms with E-state index in [1.807, 2.05) is 0 Å². The zero-order valence-corrected chi connectivity index (χ0v) is 20.4. The highest BCUT2D eigenvalue weighted by atomic mass is 19.2. The molecule has 37 heavy (non-hydrogen) atoms. The molecule has 3 rings (SSSR count). The molecule has 0 radical (unpaired) electrons. The molecule has 2 atom stereocenters. The minimum atomic E-state index is -1.29. The highest BCUT2D eigenvalue weighted by molar-refractivity contribution is 5.94. The van der Waals surface area contributed by atoms with Crippen molar-refractivity contribution in [1.82, 2.24) is 14.9 Å². The second kappa shape index (κ2) is 12.4. The number of nitrogens with zero attached hydrogens (tertiary/aromatic N) is 3. The van der Waals surface area contributed by atoms with Crippen LogP contribution in [0.5, 0.6) is 5.88 Å². The Labute approximate surface area is 212 Å². The summed E-state index contributed by atoms with van der Waals surface area (Å²) in [5.41, 5.74) is 0.949. The first-order valence-corrected chi connectivity index (χ1v) is 11.7. The van der Waals surface area contributed by atoms with Crippen LogP contribution in [0.4, 0.5) is 8.87 Å². The quantitative estimate of drug-likeness (QED) is 0.313. The molecule has 0 spiro atoms. The van der Waals surface area contributed by atoms with Crippen LogP contribution in [0.3, 0.4) is 0 Å². The summed E-state index contributed by atoms with van der Waals surface area (Å²) in [7, 11) is 0. The fourth-order valence-electron chi connectivity index (χ4n) is 3.76. The Morgan fingerprint density at radius 1 is 1.05 bits per heavy atom. The van der Waals surface area contributed by atoms with E-state index >= 15 is 0 Å². The van der Waals surface area contributed by atoms with E-state index in [9.17, 15) is 28.7 Å². The number of hydrogen-bond acceptors (Lipinski definition) is 6. The molecule has 1 amide bonds. The molecule has 0 saturated heterocycles. The first-order chi connectivity index (χ1) is 17.6. The zero-order valence-electron chi connectivity index (χ0n) is 20.4. The van der Waals surface area contributed by atoms with Crippen LogP contribution in [0, 0.1) is 5.82 Å². The van der Waals surface area contributed by atoms with E-state index in [1.54, 1.807) is 44.2 Å². The van der Waals surface area contributed by atoms with E-state index in [2.05, 4.69) is 5.10 Å². The third-order valence-electron chi connectivity index (χ3n) is 5.48. The first kappa shape index (κ1) is 27.8. The number of halogens is 2. The third-order valence-corrected chi connectivity index (χ3v) is 5.48. The highest BCUT2D eigenvalue weighted by Crippen LogP contribution is 2.34. The van der Waals surface area contributed by atoms with Gasteiger partial charge in [0.15, 0.2) is 5.69 Å². The molecule has 0 aliphatic carbocycles. The van der Waals surface area contributed by atoms with Crippen molar-refractivity contribution in [3.8, 4) is 11.6 Å². The van der Waals surface area contributed by atoms with Gasteiger partial charge in [-0.3, -0.25) is 9.59 Å². The van der Waals surface area contributed by atoms with E-state index in [0.29, 0.717) is 11.3 Å². The fourth-order valence-corrected chi connectivity index (χ4v) is 3.76. The predicted molar refractivity (Wildman–Crippen MR) is 129 cm³/mol. The van der Waals surface area contributed by atoms with Gasteiger partial charge in [-0.05, 0) is 35.7 Å². The van der Waals surface area contributed by atoms with Gasteiger partial charge in [-0.25, -0.2) is 9.07 Å². The van der Waals surface area contributed by atoms with Crippen LogP contribution in [0.2, 0.25) is 0 Å². The summed E-state index contributed by atoms with van der Waals surface area (Å²) in [5.74, 6) is -3.06. The fraction of sp³-hybridized carbons (Fsp3) is 0.346. The lowest BCUT2D eigenvalue weighted by Gasteiger charge is -2.18. The van der Waals surface area contributed by atoms with Crippen molar-refractivity contribution in [1.29, 1.82) is 0 Å². The number of aliphatic carboxylic acids is 1. The summed E-state index contributed by atoms with van der Waals surface area (Å²) in [6, 6.07) is 13.7. The second-order valence-electron chi connectivity index (χ2n) is 8.87. The molecule has 0 aliphatic rings. The summed E-state index contributed by atoms with van der Waals surface area (Å²) in [5, 5.41) is 33.2. The van der Waals surface area contributed by atoms with E-state index in [1.165, 1.54) is 28.9 Å². The molecule has 0 fully saturated rings. The van der Waals surface area contributed by atoms with Crippen LogP contribution in [-0.4, -0.2) is 60.9 Å². The summed E-state index contributed by atoms with van der Waals surface area (Å²) in [6.07, 6.45) is -3.36. The van der Waals surface area contributed by atoms with E-state index < -0.39 is 36.3 Å². The van der Waals surface area contributed by atoms with Crippen LogP contribution in [0.15, 0.2) is 54.6 Å². The van der Waals surface area contributed by atoms with Crippen molar-refractivity contribution in [2.45, 2.75) is 51.4 Å². The summed E-state index contributed by atoms with van der Waals surface area (Å²) >= 11 is 0. The molecular weight excluding hydrogens is 488 g/mol. The van der Waals surface area contributed by atoms with E-state index in [0.717, 1.165) is 0 Å². The summed E-state index contributed by atoms with van der Waals surface area (Å²) in [6.45, 7) is 2.82. The molecular formula is C26H29F2N3O6. The Morgan fingerprint density at radius 2 is 1.70 bits per heavy atom. The smallest absolute Gasteiger partial charge is 0.305 e. The SMILES string of the molecule is CC(C)c1c(C(=O)N(F)Cc2ccccc2)nn(-c2ccc(F)cc2)c1OC[C@@H](O)C[C@@H](O)CC(=O)O. The van der Waals surface area contributed by atoms with Crippen molar-refractivity contribution in [2.24, 2.45) is 0 Å². The molecule has 0 unspecified atom stereocenters. The van der Waals surface area contributed by atoms with Gasteiger partial charge < -0.3 is 20.1 Å². The lowest BCUT2D eigenvalue weighted by Crippen LogP contribution is -2.26. The largest absolute Gasteiger partial charge is 0.481 e. The molecule has 0 saturated carbocycles. The molecule has 9 nitrogen and oxygen atoms in total. The lowest BCUT2D eigenvalue weighted by atomic mass is 10.0. The third kappa shape index (κ3) is 7.34. The normalized spacial score (nSPS) is 12.8. The summed E-state index contributed by atoms with van der Waals surface area (Å²) < 4.78 is 35.6. The minimum absolute atomic E-state index is 0.0323. The maximum absolute atomic E-state index is 15.0. The van der Waals surface area contributed by atoms with Gasteiger partial charge in [-0.1, -0.05) is 48.7 Å². The van der Waals surface area contributed by atoms with Crippen LogP contribution in [-0.2, 0) is 11.3 Å². The monoisotopic (exact) mass is 517 g/mol. The van der Waals surface area contributed by atoms with Crippen LogP contribution in [0.25, 0.3) is 5.69 Å². The number of carbonyl (C=O) groups is 2. The Balaban J connectivity index is 1.95. The van der Waals surface area contributed by atoms with Crippen molar-refractivity contribution >= 4 is 11.9 Å². The zero-order chi connectivity index (χ0) is 27.1. The Morgan fingerprint density at radius 3 is 2.30 bits per heavy atom. The molecule has 3 N–H and O–H groups in total. The van der Waals surface area contributed by atoms with Gasteiger partial charge >= 0.3 is 11.9 Å². The standard InChI is InChI=1S/C26H29F2N3O6/c1-16(2)23-24(25(36)30(28)14-17-6-4-3-5-7-17)29-31(19-10-8-18(27)9-11-19)26(23)37-15-21(33)12-20(32)13-22(34)35/h3-11,16,20-21,32-33H,12-15H2,1-2H3,(H,34,35)/t20-,21+/m1/s1. The van der Waals surface area contributed by atoms with Crippen molar-refractivity contribution < 1.29 is 38.5 Å². The maximum Gasteiger partial charge on any atom is 0.305 e. The molecule has 0 bridgehead atoms. The molecule has 2 aromatic carbocycles. The number of benzene rings is 2. The average molecular weight is 518 g/mol. The van der Waals surface area contributed by atoms with Gasteiger partial charge in [0.25, 0.3) is 0 Å². The van der Waals surface area contributed by atoms with Gasteiger partial charge in [0.2, 0.25) is 5.88 Å². The Kier molecular flexibility index (Phi) is 9.31. The number of aliphatic hydroxyl groups is 2. The lowest BCUT2D eigenvalue weighted by molar-refractivity contribution is -0.139. The average Bonchev–Trinajstić information content (AvgIpc) is 3.22. The second-order valence-corrected chi connectivity index (χ2v) is 8.87. The number of aliphatic hydroxyl groups excluding tert-OH is 2. The number of carboxylic acids is 1. The van der Waals surface area contributed by atoms with Gasteiger partial charge in [-0.2, -0.15) is 10.2 Å². The number of carbonyl (C=O) groups excluding carboxylic acids is 1. The number of ether oxygens (including phenoxy) is 1. The van der Waals surface area contributed by atoms with E-state index in [-0.39, 0.29) is 47.7 Å². The van der Waals surface area contributed by atoms with Gasteiger partial charge in [0.1, 0.15) is 12.4 Å². The number of aromatic nitrogens is 2. The maximum atomic E-state index is 15.0. The van der Waals surface area contributed by atoms with Crippen LogP contribution >= 0.6 is 0 Å². The van der Waals surface area contributed by atoms with Crippen LogP contribution in [0.1, 0.15) is 54.2 Å². The number of hydrogen-bond donors (Lipinski definition) is 3. The molecule has 0 aliphatic heterocycles. The van der Waals surface area contributed by atoms with Gasteiger partial charge in [0, 0.05) is 6.42 Å². The van der Waals surface area contributed by atoms with Crippen molar-refractivity contribution in [3.05, 3.63) is 77.2 Å². The molecule has 11 heteroatoms. The van der Waals surface area contributed by atoms with Crippen molar-refractivity contribution in [3.63, 3.8) is 0 Å². The highest BCUT2D eigenvalue weighted by Gasteiger charge is 2.31. The predicted octanol–water partition coefficient (Wildman–Crippen LogP) is 3.63. The van der Waals surface area contributed by atoms with Crippen LogP contribution < -0.4 is 4.74 Å². The van der Waals surface area contributed by atoms with Gasteiger partial charge in [-0.15, -0.1) is 0 Å². The molecule has 3 aromatic rings. The Bertz CT molecular complexity index is 1200. The molecule has 1 heterocycles. The van der Waals surface area contributed by atoms with E-state index in [4.69, 9.17) is 9.84 Å². The topological polar surface area (TPSA) is 125 Å². The first-order valence-electron chi connectivity index (χ1n) is 11.7. The number of rotatable bonds is 12. The van der Waals surface area contributed by atoms with Crippen molar-refractivity contribution in [2.75, 3.05) is 6.61 Å². The Hall–Kier alpha value is -3.83. The number of carboxylic acid groups (broad SMARTS) is 1. The summed E-state index contributed by atoms with van der Waals surface area (Å²) in [4.78, 5) is 23.9. The minimum Gasteiger partial charge on any atom is -0.481 e. The number of amides is 1. The molecule has 1 aromatic heterocycles. The van der Waals surface area contributed by atoms with Gasteiger partial charge in [0.05, 0.1) is 36.4 Å².